The van der Waals surface area contributed by atoms with Gasteiger partial charge in [0.25, 0.3) is 0 Å². The van der Waals surface area contributed by atoms with E-state index in [0.717, 1.165) is 12.8 Å². The molecule has 0 fully saturated rings. The smallest absolute Gasteiger partial charge is 0.304 e. The molecule has 0 aliphatic heterocycles. The first-order valence-corrected chi connectivity index (χ1v) is 10.9. The number of ketones is 2. The van der Waals surface area contributed by atoms with Crippen molar-refractivity contribution in [3.63, 3.8) is 0 Å². The Morgan fingerprint density at radius 3 is 1.80 bits per heavy atom. The van der Waals surface area contributed by atoms with Crippen LogP contribution < -0.4 is 0 Å². The van der Waals surface area contributed by atoms with E-state index in [-0.39, 0.29) is 30.2 Å². The van der Waals surface area contributed by atoms with Crippen molar-refractivity contribution >= 4 is 17.5 Å². The molecular weight excluding hydrogens is 384 g/mol. The third-order valence-electron chi connectivity index (χ3n) is 5.71. The summed E-state index contributed by atoms with van der Waals surface area (Å²) in [5.41, 5.74) is -2.47. The summed E-state index contributed by atoms with van der Waals surface area (Å²) in [6.07, 6.45) is 1.68. The number of ether oxygens (including phenoxy) is 2. The van der Waals surface area contributed by atoms with Crippen LogP contribution in [0.2, 0.25) is 0 Å². The van der Waals surface area contributed by atoms with E-state index in [0.29, 0.717) is 13.0 Å². The second-order valence-corrected chi connectivity index (χ2v) is 11.2. The number of unbranched alkanes of at least 4 members (excludes halogenated alkanes) is 1. The predicted octanol–water partition coefficient (Wildman–Crippen LogP) is 5.07. The summed E-state index contributed by atoms with van der Waals surface area (Å²) in [4.78, 5) is 36.8. The van der Waals surface area contributed by atoms with Crippen LogP contribution in [0, 0.1) is 16.7 Å². The van der Waals surface area contributed by atoms with Gasteiger partial charge in [0.15, 0.2) is 0 Å². The first-order valence-electron chi connectivity index (χ1n) is 10.9. The van der Waals surface area contributed by atoms with Gasteiger partial charge in [-0.2, -0.15) is 0 Å². The molecule has 0 saturated carbocycles. The predicted molar refractivity (Wildman–Crippen MR) is 119 cm³/mol. The number of Topliss-reactive ketones (excluding diaryl/α,β-unsaturated/α-hetero) is 2. The number of rotatable bonds is 13. The van der Waals surface area contributed by atoms with Crippen molar-refractivity contribution in [2.75, 3.05) is 13.2 Å². The summed E-state index contributed by atoms with van der Waals surface area (Å²) in [5.74, 6) is -1.85. The zero-order chi connectivity index (χ0) is 24.0. The molecule has 30 heavy (non-hydrogen) atoms. The molecular formula is C24H44O6. The fourth-order valence-electron chi connectivity index (χ4n) is 2.95. The largest absolute Gasteiger partial charge is 0.481 e. The van der Waals surface area contributed by atoms with E-state index >= 15 is 0 Å². The molecule has 0 aliphatic rings. The molecule has 1 unspecified atom stereocenters. The van der Waals surface area contributed by atoms with E-state index in [2.05, 4.69) is 0 Å². The Hall–Kier alpha value is -1.27. The molecule has 0 rings (SSSR count). The van der Waals surface area contributed by atoms with Crippen LogP contribution in [-0.2, 0) is 23.9 Å². The number of hydrogen-bond acceptors (Lipinski definition) is 5. The fraction of sp³-hybridized carbons (Fsp3) is 0.875. The molecule has 0 amide bonds. The van der Waals surface area contributed by atoms with Crippen molar-refractivity contribution in [2.45, 2.75) is 106 Å². The van der Waals surface area contributed by atoms with Crippen molar-refractivity contribution in [1.29, 1.82) is 0 Å². The van der Waals surface area contributed by atoms with E-state index in [1.807, 2.05) is 48.5 Å². The van der Waals surface area contributed by atoms with Crippen LogP contribution >= 0.6 is 0 Å². The molecule has 1 atom stereocenters. The van der Waals surface area contributed by atoms with Gasteiger partial charge < -0.3 is 14.6 Å². The van der Waals surface area contributed by atoms with Crippen LogP contribution in [0.25, 0.3) is 0 Å². The molecule has 0 radical (unpaired) electrons. The van der Waals surface area contributed by atoms with Gasteiger partial charge in [-0.05, 0) is 47.5 Å². The summed E-state index contributed by atoms with van der Waals surface area (Å²) in [5, 5.41) is 9.19. The second-order valence-electron chi connectivity index (χ2n) is 11.2. The van der Waals surface area contributed by atoms with Crippen LogP contribution in [0.15, 0.2) is 0 Å². The highest BCUT2D eigenvalue weighted by molar-refractivity contribution is 5.89. The van der Waals surface area contributed by atoms with Crippen molar-refractivity contribution in [2.24, 2.45) is 16.7 Å². The maximum Gasteiger partial charge on any atom is 0.304 e. The SMILES string of the molecule is CC(C)(C)OCCCCC(=O)C(C)(C)C(C)(C)OCC(CC(=O)O)C(=O)C(C)(C)C. The highest BCUT2D eigenvalue weighted by Crippen LogP contribution is 2.37. The van der Waals surface area contributed by atoms with Gasteiger partial charge in [0, 0.05) is 18.4 Å². The van der Waals surface area contributed by atoms with Crippen molar-refractivity contribution < 1.29 is 29.0 Å². The molecule has 0 aliphatic carbocycles. The fourth-order valence-corrected chi connectivity index (χ4v) is 2.95. The summed E-state index contributed by atoms with van der Waals surface area (Å²) < 4.78 is 11.7. The second kappa shape index (κ2) is 10.9. The minimum atomic E-state index is -1.04. The number of hydrogen-bond donors (Lipinski definition) is 1. The maximum atomic E-state index is 12.9. The number of carbonyl (C=O) groups is 3. The van der Waals surface area contributed by atoms with Crippen LogP contribution in [0.4, 0.5) is 0 Å². The average molecular weight is 429 g/mol. The van der Waals surface area contributed by atoms with Crippen LogP contribution in [0.1, 0.15) is 94.9 Å². The Kier molecular flexibility index (Phi) is 10.4. The molecule has 0 bridgehead atoms. The monoisotopic (exact) mass is 428 g/mol. The van der Waals surface area contributed by atoms with Crippen LogP contribution in [0.3, 0.4) is 0 Å². The Bertz CT molecular complexity index is 590. The zero-order valence-corrected chi connectivity index (χ0v) is 20.8. The molecule has 0 spiro atoms. The Morgan fingerprint density at radius 1 is 0.833 bits per heavy atom. The van der Waals surface area contributed by atoms with Gasteiger partial charge in [-0.25, -0.2) is 0 Å². The number of aliphatic carboxylic acids is 1. The maximum absolute atomic E-state index is 12.9. The number of carboxylic acid groups (broad SMARTS) is 1. The minimum absolute atomic E-state index is 0.0223. The molecule has 6 heteroatoms. The summed E-state index contributed by atoms with van der Waals surface area (Å²) in [6.45, 7) is 19.3. The number of carbonyl (C=O) groups excluding carboxylic acids is 2. The van der Waals surface area contributed by atoms with E-state index in [1.54, 1.807) is 20.8 Å². The molecule has 176 valence electrons. The lowest BCUT2D eigenvalue weighted by Gasteiger charge is -2.41. The average Bonchev–Trinajstić information content (AvgIpc) is 2.55. The van der Waals surface area contributed by atoms with Crippen molar-refractivity contribution in [3.8, 4) is 0 Å². The molecule has 6 nitrogen and oxygen atoms in total. The first kappa shape index (κ1) is 28.7. The Morgan fingerprint density at radius 2 is 1.37 bits per heavy atom. The molecule has 0 aromatic carbocycles. The van der Waals surface area contributed by atoms with Crippen LogP contribution in [0.5, 0.6) is 0 Å². The van der Waals surface area contributed by atoms with Gasteiger partial charge in [-0.1, -0.05) is 34.6 Å². The lowest BCUT2D eigenvalue weighted by atomic mass is 9.72. The van der Waals surface area contributed by atoms with Gasteiger partial charge in [0.2, 0.25) is 0 Å². The van der Waals surface area contributed by atoms with Gasteiger partial charge in [-0.15, -0.1) is 0 Å². The van der Waals surface area contributed by atoms with Gasteiger partial charge >= 0.3 is 5.97 Å². The Balaban J connectivity index is 4.96. The normalized spacial score (nSPS) is 14.5. The highest BCUT2D eigenvalue weighted by atomic mass is 16.5. The van der Waals surface area contributed by atoms with Crippen molar-refractivity contribution in [1.82, 2.24) is 0 Å². The zero-order valence-electron chi connectivity index (χ0n) is 20.8. The first-order chi connectivity index (χ1) is 13.3. The van der Waals surface area contributed by atoms with E-state index in [1.165, 1.54) is 0 Å². The quantitative estimate of drug-likeness (QED) is 0.412. The van der Waals surface area contributed by atoms with Gasteiger partial charge in [-0.3, -0.25) is 14.4 Å². The molecule has 0 aromatic rings. The summed E-state index contributed by atoms with van der Waals surface area (Å²) in [6, 6.07) is 0. The summed E-state index contributed by atoms with van der Waals surface area (Å²) in [7, 11) is 0. The van der Waals surface area contributed by atoms with E-state index in [4.69, 9.17) is 9.47 Å². The summed E-state index contributed by atoms with van der Waals surface area (Å²) >= 11 is 0. The van der Waals surface area contributed by atoms with Crippen molar-refractivity contribution in [3.05, 3.63) is 0 Å². The lowest BCUT2D eigenvalue weighted by Crippen LogP contribution is -2.48. The molecule has 0 saturated heterocycles. The topological polar surface area (TPSA) is 89.9 Å². The van der Waals surface area contributed by atoms with Crippen LogP contribution in [-0.4, -0.2) is 47.1 Å². The van der Waals surface area contributed by atoms with Gasteiger partial charge in [0.05, 0.1) is 35.6 Å². The number of carboxylic acids is 1. The molecule has 1 N–H and O–H groups in total. The Labute approximate surface area is 183 Å². The van der Waals surface area contributed by atoms with E-state index in [9.17, 15) is 19.5 Å². The van der Waals surface area contributed by atoms with Gasteiger partial charge in [0.1, 0.15) is 11.6 Å². The van der Waals surface area contributed by atoms with E-state index < -0.39 is 28.3 Å². The third-order valence-corrected chi connectivity index (χ3v) is 5.71. The molecule has 0 aromatic heterocycles. The highest BCUT2D eigenvalue weighted by Gasteiger charge is 2.44. The lowest BCUT2D eigenvalue weighted by molar-refractivity contribution is -0.158. The standard InChI is InChI=1S/C24H44O6/c1-21(2,3)20(28)17(15-19(26)27)16-30-24(9,10)23(7,8)18(25)13-11-12-14-29-22(4,5)6/h17H,11-16H2,1-10H3,(H,26,27). The molecule has 0 heterocycles. The third kappa shape index (κ3) is 9.69. The minimum Gasteiger partial charge on any atom is -0.481 e.